The van der Waals surface area contributed by atoms with E-state index in [4.69, 9.17) is 0 Å². The van der Waals surface area contributed by atoms with Crippen LogP contribution in [0.5, 0.6) is 0 Å². The molecule has 3 aliphatic rings. The maximum absolute atomic E-state index is 3.60. The van der Waals surface area contributed by atoms with Crippen LogP contribution in [0.4, 0.5) is 0 Å². The van der Waals surface area contributed by atoms with Crippen LogP contribution in [0.3, 0.4) is 0 Å². The van der Waals surface area contributed by atoms with Gasteiger partial charge in [0.1, 0.15) is 6.67 Å². The van der Waals surface area contributed by atoms with Crippen LogP contribution in [0.2, 0.25) is 0 Å². The number of nitrogens with zero attached hydrogens (tertiary/aromatic N) is 4. The molecule has 23 heavy (non-hydrogen) atoms. The molecule has 4 nitrogen and oxygen atoms in total. The normalized spacial score (nSPS) is 32.1. The topological polar surface area (TPSA) is 13.0 Å². The first kappa shape index (κ1) is 17.7. The molecule has 3 heterocycles. The SMILES string of the molecule is CC1CCCN(CCN2[C]N(CCCN3CCC[C@@H]3C)CC2)C1. The van der Waals surface area contributed by atoms with Gasteiger partial charge in [-0.2, -0.15) is 0 Å². The summed E-state index contributed by atoms with van der Waals surface area (Å²) in [4.78, 5) is 10.1. The fourth-order valence-corrected chi connectivity index (χ4v) is 4.41. The first-order valence-electron chi connectivity index (χ1n) is 9.93. The van der Waals surface area contributed by atoms with E-state index in [9.17, 15) is 0 Å². The highest BCUT2D eigenvalue weighted by Crippen LogP contribution is 2.18. The van der Waals surface area contributed by atoms with Crippen molar-refractivity contribution in [3.05, 3.63) is 6.67 Å². The molecule has 2 radical (unpaired) electrons. The molecule has 0 spiro atoms. The van der Waals surface area contributed by atoms with Gasteiger partial charge >= 0.3 is 0 Å². The third kappa shape index (κ3) is 5.42. The average molecular weight is 321 g/mol. The van der Waals surface area contributed by atoms with Crippen LogP contribution in [0, 0.1) is 12.6 Å². The van der Waals surface area contributed by atoms with Crippen molar-refractivity contribution in [3.8, 4) is 0 Å². The predicted octanol–water partition coefficient (Wildman–Crippen LogP) is 2.21. The summed E-state index contributed by atoms with van der Waals surface area (Å²) < 4.78 is 0. The number of piperidine rings is 1. The van der Waals surface area contributed by atoms with E-state index in [1.165, 1.54) is 84.5 Å². The number of hydrogen-bond donors (Lipinski definition) is 0. The lowest BCUT2D eigenvalue weighted by atomic mass is 10.0. The molecule has 0 amide bonds. The predicted molar refractivity (Wildman–Crippen MR) is 96.1 cm³/mol. The minimum absolute atomic E-state index is 0.810. The van der Waals surface area contributed by atoms with Gasteiger partial charge in [-0.05, 0) is 64.6 Å². The minimum Gasteiger partial charge on any atom is -0.302 e. The quantitative estimate of drug-likeness (QED) is 0.713. The van der Waals surface area contributed by atoms with Crippen LogP contribution in [-0.2, 0) is 0 Å². The second kappa shape index (κ2) is 8.80. The van der Waals surface area contributed by atoms with Crippen LogP contribution in [0.15, 0.2) is 0 Å². The molecule has 3 saturated heterocycles. The summed E-state index contributed by atoms with van der Waals surface area (Å²) in [5.41, 5.74) is 0. The van der Waals surface area contributed by atoms with Crippen molar-refractivity contribution in [1.82, 2.24) is 19.6 Å². The molecular weight excluding hydrogens is 284 g/mol. The molecule has 0 aromatic carbocycles. The van der Waals surface area contributed by atoms with Crippen LogP contribution in [0.25, 0.3) is 0 Å². The maximum atomic E-state index is 3.60. The molecule has 132 valence electrons. The van der Waals surface area contributed by atoms with Crippen molar-refractivity contribution in [2.75, 3.05) is 58.9 Å². The summed E-state index contributed by atoms with van der Waals surface area (Å²) in [5.74, 6) is 0.889. The monoisotopic (exact) mass is 320 g/mol. The van der Waals surface area contributed by atoms with Crippen molar-refractivity contribution in [2.45, 2.75) is 52.0 Å². The zero-order valence-electron chi connectivity index (χ0n) is 15.3. The second-order valence-electron chi connectivity index (χ2n) is 8.00. The Labute approximate surface area is 143 Å². The van der Waals surface area contributed by atoms with E-state index >= 15 is 0 Å². The number of rotatable bonds is 7. The smallest absolute Gasteiger partial charge is 0.146 e. The van der Waals surface area contributed by atoms with Gasteiger partial charge in [-0.1, -0.05) is 6.92 Å². The van der Waals surface area contributed by atoms with E-state index in [1.807, 2.05) is 0 Å². The zero-order chi connectivity index (χ0) is 16.1. The molecule has 3 rings (SSSR count). The Morgan fingerprint density at radius 3 is 2.35 bits per heavy atom. The molecule has 0 N–H and O–H groups in total. The van der Waals surface area contributed by atoms with Gasteiger partial charge in [-0.15, -0.1) is 0 Å². The second-order valence-corrected chi connectivity index (χ2v) is 8.00. The van der Waals surface area contributed by atoms with Gasteiger partial charge in [0.25, 0.3) is 0 Å². The van der Waals surface area contributed by atoms with Crippen LogP contribution < -0.4 is 0 Å². The molecular formula is C19H36N4. The molecule has 1 unspecified atom stereocenters. The Morgan fingerprint density at radius 2 is 1.61 bits per heavy atom. The first-order valence-corrected chi connectivity index (χ1v) is 9.93. The van der Waals surface area contributed by atoms with E-state index in [-0.39, 0.29) is 0 Å². The number of likely N-dealkylation sites (tertiary alicyclic amines) is 2. The Morgan fingerprint density at radius 1 is 0.826 bits per heavy atom. The van der Waals surface area contributed by atoms with E-state index in [0.717, 1.165) is 18.5 Å². The van der Waals surface area contributed by atoms with Gasteiger partial charge in [-0.25, -0.2) is 0 Å². The van der Waals surface area contributed by atoms with E-state index < -0.39 is 0 Å². The Balaban J connectivity index is 1.26. The summed E-state index contributed by atoms with van der Waals surface area (Å²) in [7, 11) is 0. The van der Waals surface area contributed by atoms with Gasteiger partial charge in [0.05, 0.1) is 0 Å². The molecule has 3 aliphatic heterocycles. The third-order valence-electron chi connectivity index (χ3n) is 5.91. The highest BCUT2D eigenvalue weighted by Gasteiger charge is 2.24. The molecule has 4 heteroatoms. The molecule has 0 aromatic heterocycles. The van der Waals surface area contributed by atoms with Crippen molar-refractivity contribution >= 4 is 0 Å². The zero-order valence-corrected chi connectivity index (χ0v) is 15.3. The third-order valence-corrected chi connectivity index (χ3v) is 5.91. The fourth-order valence-electron chi connectivity index (χ4n) is 4.41. The summed E-state index contributed by atoms with van der Waals surface area (Å²) >= 11 is 0. The molecule has 0 aromatic rings. The average Bonchev–Trinajstić information content (AvgIpc) is 3.15. The summed E-state index contributed by atoms with van der Waals surface area (Å²) in [6.45, 7) is 19.5. The number of hydrogen-bond acceptors (Lipinski definition) is 4. The van der Waals surface area contributed by atoms with Crippen molar-refractivity contribution in [2.24, 2.45) is 5.92 Å². The summed E-state index contributed by atoms with van der Waals surface area (Å²) in [5, 5.41) is 0. The molecule has 3 fully saturated rings. The molecule has 2 atom stereocenters. The highest BCUT2D eigenvalue weighted by atomic mass is 15.4. The minimum atomic E-state index is 0.810. The summed E-state index contributed by atoms with van der Waals surface area (Å²) in [6.07, 6.45) is 6.88. The first-order chi connectivity index (χ1) is 11.2. The van der Waals surface area contributed by atoms with E-state index in [2.05, 4.69) is 40.1 Å². The standard InChI is InChI=1S/C19H36N4/c1-18-6-3-8-20(16-18)12-13-22-15-14-21(17-22)9-5-11-23-10-4-7-19(23)2/h18-19H,3-16H2,1-2H3/t18?,19-/m0/s1. The van der Waals surface area contributed by atoms with Gasteiger partial charge in [0.2, 0.25) is 0 Å². The lowest BCUT2D eigenvalue weighted by Gasteiger charge is -2.31. The lowest BCUT2D eigenvalue weighted by Crippen LogP contribution is -2.39. The Kier molecular flexibility index (Phi) is 6.75. The maximum Gasteiger partial charge on any atom is 0.146 e. The van der Waals surface area contributed by atoms with Crippen molar-refractivity contribution in [1.29, 1.82) is 0 Å². The van der Waals surface area contributed by atoms with Crippen LogP contribution in [0.1, 0.15) is 46.0 Å². The van der Waals surface area contributed by atoms with E-state index in [1.54, 1.807) is 0 Å². The van der Waals surface area contributed by atoms with Crippen LogP contribution in [-0.4, -0.2) is 84.5 Å². The fraction of sp³-hybridized carbons (Fsp3) is 0.947. The molecule has 0 saturated carbocycles. The van der Waals surface area contributed by atoms with Crippen LogP contribution >= 0.6 is 0 Å². The van der Waals surface area contributed by atoms with Crippen molar-refractivity contribution in [3.63, 3.8) is 0 Å². The highest BCUT2D eigenvalue weighted by molar-refractivity contribution is 4.83. The largest absolute Gasteiger partial charge is 0.302 e. The van der Waals surface area contributed by atoms with Gasteiger partial charge in [0.15, 0.2) is 0 Å². The van der Waals surface area contributed by atoms with Gasteiger partial charge in [0, 0.05) is 45.3 Å². The molecule has 0 aliphatic carbocycles. The van der Waals surface area contributed by atoms with E-state index in [0.29, 0.717) is 0 Å². The Bertz CT molecular complexity index is 348. The van der Waals surface area contributed by atoms with Gasteiger partial charge < -0.3 is 9.80 Å². The van der Waals surface area contributed by atoms with Gasteiger partial charge in [-0.3, -0.25) is 9.80 Å². The molecule has 0 bridgehead atoms. The lowest BCUT2D eigenvalue weighted by molar-refractivity contribution is 0.165. The Hall–Kier alpha value is -0.160. The summed E-state index contributed by atoms with van der Waals surface area (Å²) in [6, 6.07) is 0.810. The van der Waals surface area contributed by atoms with Crippen molar-refractivity contribution < 1.29 is 0 Å².